The lowest BCUT2D eigenvalue weighted by atomic mass is 9.84. The average molecular weight is 359 g/mol. The molecule has 142 valence electrons. The summed E-state index contributed by atoms with van der Waals surface area (Å²) in [6.07, 6.45) is 4.81. The Labute approximate surface area is 154 Å². The predicted molar refractivity (Wildman–Crippen MR) is 99.0 cm³/mol. The summed E-state index contributed by atoms with van der Waals surface area (Å²) >= 11 is 0. The molecule has 2 aliphatic carbocycles. The van der Waals surface area contributed by atoms with Gasteiger partial charge in [-0.15, -0.1) is 0 Å². The van der Waals surface area contributed by atoms with Crippen LogP contribution in [-0.4, -0.2) is 29.4 Å². The van der Waals surface area contributed by atoms with Crippen LogP contribution in [0, 0.1) is 11.3 Å². The number of aromatic nitrogens is 1. The second-order valence-corrected chi connectivity index (χ2v) is 8.68. The molecule has 3 rings (SSSR count). The standard InChI is InChI=1S/C20H29N3O3/c1-20(2,3)16(10-17(21)24)23-18(25)15-9-8-14(13-6-7-13)19(22-15)26-11-12-4-5-12/h8-9,12-13,16H,4-7,10-11H2,1-3H3,(H2,21,24)(H,23,25). The number of hydrogen-bond acceptors (Lipinski definition) is 4. The summed E-state index contributed by atoms with van der Waals surface area (Å²) in [5.74, 6) is 0.989. The summed E-state index contributed by atoms with van der Waals surface area (Å²) < 4.78 is 5.92. The number of carbonyl (C=O) groups excluding carboxylic acids is 2. The lowest BCUT2D eigenvalue weighted by molar-refractivity contribution is -0.119. The van der Waals surface area contributed by atoms with Crippen molar-refractivity contribution in [3.05, 3.63) is 23.4 Å². The first-order chi connectivity index (χ1) is 12.2. The van der Waals surface area contributed by atoms with Crippen LogP contribution in [0.4, 0.5) is 0 Å². The lowest BCUT2D eigenvalue weighted by Gasteiger charge is -2.30. The van der Waals surface area contributed by atoms with Gasteiger partial charge in [-0.2, -0.15) is 0 Å². The topological polar surface area (TPSA) is 94.3 Å². The molecule has 1 aromatic rings. The van der Waals surface area contributed by atoms with Crippen LogP contribution in [0.3, 0.4) is 0 Å². The van der Waals surface area contributed by atoms with Crippen molar-refractivity contribution < 1.29 is 14.3 Å². The van der Waals surface area contributed by atoms with Crippen molar-refractivity contribution in [2.75, 3.05) is 6.61 Å². The molecule has 0 aromatic carbocycles. The Morgan fingerprint density at radius 3 is 2.50 bits per heavy atom. The molecule has 6 heteroatoms. The third-order valence-electron chi connectivity index (χ3n) is 5.05. The zero-order chi connectivity index (χ0) is 18.9. The fourth-order valence-corrected chi connectivity index (χ4v) is 2.89. The smallest absolute Gasteiger partial charge is 0.270 e. The zero-order valence-electron chi connectivity index (χ0n) is 15.9. The second-order valence-electron chi connectivity index (χ2n) is 8.68. The van der Waals surface area contributed by atoms with Crippen molar-refractivity contribution in [2.45, 2.75) is 64.8 Å². The molecule has 1 heterocycles. The minimum absolute atomic E-state index is 0.0977. The van der Waals surface area contributed by atoms with Crippen molar-refractivity contribution in [3.8, 4) is 5.88 Å². The molecule has 3 N–H and O–H groups in total. The van der Waals surface area contributed by atoms with Gasteiger partial charge in [0.25, 0.3) is 5.91 Å². The summed E-state index contributed by atoms with van der Waals surface area (Å²) in [6.45, 7) is 6.57. The van der Waals surface area contributed by atoms with E-state index in [1.54, 1.807) is 6.07 Å². The fourth-order valence-electron chi connectivity index (χ4n) is 2.89. The van der Waals surface area contributed by atoms with Gasteiger partial charge in [-0.1, -0.05) is 26.8 Å². The summed E-state index contributed by atoms with van der Waals surface area (Å²) in [6, 6.07) is 3.35. The van der Waals surface area contributed by atoms with Crippen LogP contribution in [-0.2, 0) is 4.79 Å². The SMILES string of the molecule is CC(C)(C)C(CC(N)=O)NC(=O)c1ccc(C2CC2)c(OCC2CC2)n1. The van der Waals surface area contributed by atoms with Crippen LogP contribution in [0.15, 0.2) is 12.1 Å². The molecule has 1 unspecified atom stereocenters. The number of carbonyl (C=O) groups is 2. The molecule has 0 radical (unpaired) electrons. The van der Waals surface area contributed by atoms with Gasteiger partial charge in [0.1, 0.15) is 5.69 Å². The maximum Gasteiger partial charge on any atom is 0.270 e. The van der Waals surface area contributed by atoms with E-state index in [1.165, 1.54) is 12.8 Å². The molecule has 2 amide bonds. The maximum absolute atomic E-state index is 12.7. The van der Waals surface area contributed by atoms with Gasteiger partial charge in [0, 0.05) is 18.0 Å². The van der Waals surface area contributed by atoms with E-state index < -0.39 is 5.91 Å². The largest absolute Gasteiger partial charge is 0.477 e. The lowest BCUT2D eigenvalue weighted by Crippen LogP contribution is -2.46. The van der Waals surface area contributed by atoms with Crippen LogP contribution in [0.2, 0.25) is 0 Å². The van der Waals surface area contributed by atoms with Crippen LogP contribution >= 0.6 is 0 Å². The minimum atomic E-state index is -0.435. The molecule has 2 saturated carbocycles. The third kappa shape index (κ3) is 4.96. The molecule has 2 aliphatic rings. The van der Waals surface area contributed by atoms with Crippen molar-refractivity contribution in [2.24, 2.45) is 17.1 Å². The number of ether oxygens (including phenoxy) is 1. The Morgan fingerprint density at radius 1 is 1.27 bits per heavy atom. The van der Waals surface area contributed by atoms with Crippen LogP contribution in [0.5, 0.6) is 5.88 Å². The van der Waals surface area contributed by atoms with Gasteiger partial charge in [0.05, 0.1) is 6.61 Å². The van der Waals surface area contributed by atoms with Crippen molar-refractivity contribution in [3.63, 3.8) is 0 Å². The van der Waals surface area contributed by atoms with Gasteiger partial charge < -0.3 is 15.8 Å². The third-order valence-corrected chi connectivity index (χ3v) is 5.05. The summed E-state index contributed by atoms with van der Waals surface area (Å²) in [4.78, 5) is 28.5. The number of amides is 2. The van der Waals surface area contributed by atoms with Gasteiger partial charge >= 0.3 is 0 Å². The molecule has 0 aliphatic heterocycles. The Balaban J connectivity index is 1.74. The highest BCUT2D eigenvalue weighted by Gasteiger charge is 2.31. The number of nitrogens with zero attached hydrogens (tertiary/aromatic N) is 1. The zero-order valence-corrected chi connectivity index (χ0v) is 15.9. The maximum atomic E-state index is 12.7. The summed E-state index contributed by atoms with van der Waals surface area (Å²) in [5.41, 5.74) is 6.47. The van der Waals surface area contributed by atoms with Crippen LogP contribution in [0.25, 0.3) is 0 Å². The number of pyridine rings is 1. The highest BCUT2D eigenvalue weighted by Crippen LogP contribution is 2.44. The molecule has 1 atom stereocenters. The Hall–Kier alpha value is -2.11. The van der Waals surface area contributed by atoms with Crippen LogP contribution in [0.1, 0.15) is 74.8 Å². The first-order valence-corrected chi connectivity index (χ1v) is 9.47. The van der Waals surface area contributed by atoms with E-state index in [4.69, 9.17) is 10.5 Å². The van der Waals surface area contributed by atoms with E-state index in [9.17, 15) is 9.59 Å². The highest BCUT2D eigenvalue weighted by atomic mass is 16.5. The normalized spacial score (nSPS) is 18.3. The Kier molecular flexibility index (Phi) is 5.21. The first kappa shape index (κ1) is 18.7. The number of nitrogens with one attached hydrogen (secondary N) is 1. The molecular formula is C20H29N3O3. The van der Waals surface area contributed by atoms with Crippen LogP contribution < -0.4 is 15.8 Å². The van der Waals surface area contributed by atoms with E-state index in [2.05, 4.69) is 10.3 Å². The van der Waals surface area contributed by atoms with Gasteiger partial charge in [-0.05, 0) is 49.0 Å². The molecule has 0 bridgehead atoms. The predicted octanol–water partition coefficient (Wildman–Crippen LogP) is 2.77. The van der Waals surface area contributed by atoms with Gasteiger partial charge in [0.15, 0.2) is 0 Å². The first-order valence-electron chi connectivity index (χ1n) is 9.47. The van der Waals surface area contributed by atoms with E-state index in [0.29, 0.717) is 30.0 Å². The Bertz CT molecular complexity index is 688. The highest BCUT2D eigenvalue weighted by molar-refractivity contribution is 5.93. The van der Waals surface area contributed by atoms with Gasteiger partial charge in [0.2, 0.25) is 11.8 Å². The fraction of sp³-hybridized carbons (Fsp3) is 0.650. The quantitative estimate of drug-likeness (QED) is 0.746. The molecule has 1 aromatic heterocycles. The van der Waals surface area contributed by atoms with Crippen molar-refractivity contribution in [1.29, 1.82) is 0 Å². The molecular weight excluding hydrogens is 330 g/mol. The monoisotopic (exact) mass is 359 g/mol. The number of primary amides is 1. The molecule has 0 spiro atoms. The summed E-state index contributed by atoms with van der Waals surface area (Å²) in [7, 11) is 0. The van der Waals surface area contributed by atoms with Gasteiger partial charge in [-0.3, -0.25) is 9.59 Å². The second kappa shape index (κ2) is 7.25. The average Bonchev–Trinajstić information content (AvgIpc) is 3.45. The molecule has 6 nitrogen and oxygen atoms in total. The number of nitrogens with two attached hydrogens (primary N) is 1. The van der Waals surface area contributed by atoms with Gasteiger partial charge in [-0.25, -0.2) is 4.98 Å². The van der Waals surface area contributed by atoms with E-state index in [-0.39, 0.29) is 23.8 Å². The molecule has 0 saturated heterocycles. The number of hydrogen-bond donors (Lipinski definition) is 2. The van der Waals surface area contributed by atoms with E-state index >= 15 is 0 Å². The van der Waals surface area contributed by atoms with Crippen molar-refractivity contribution >= 4 is 11.8 Å². The van der Waals surface area contributed by atoms with E-state index in [1.807, 2.05) is 26.8 Å². The number of rotatable bonds is 8. The van der Waals surface area contributed by atoms with E-state index in [0.717, 1.165) is 18.4 Å². The molecule has 26 heavy (non-hydrogen) atoms. The van der Waals surface area contributed by atoms with Crippen molar-refractivity contribution in [1.82, 2.24) is 10.3 Å². The Morgan fingerprint density at radius 2 is 1.96 bits per heavy atom. The summed E-state index contributed by atoms with van der Waals surface area (Å²) in [5, 5.41) is 2.92. The minimum Gasteiger partial charge on any atom is -0.477 e. The molecule has 2 fully saturated rings.